The van der Waals surface area contributed by atoms with Crippen LogP contribution in [0.4, 0.5) is 4.39 Å². The fourth-order valence-corrected chi connectivity index (χ4v) is 4.42. The molecule has 0 aliphatic rings. The number of nitrogens with zero attached hydrogens (tertiary/aromatic N) is 1. The van der Waals surface area contributed by atoms with Gasteiger partial charge in [0.25, 0.3) is 0 Å². The van der Waals surface area contributed by atoms with Crippen LogP contribution >= 0.6 is 23.4 Å². The Labute approximate surface area is 203 Å². The second-order valence-electron chi connectivity index (χ2n) is 7.59. The Bertz CT molecular complexity index is 1050. The highest BCUT2D eigenvalue weighted by atomic mass is 35.5. The molecule has 33 heavy (non-hydrogen) atoms. The molecule has 7 heteroatoms. The molecule has 0 aliphatic carbocycles. The van der Waals surface area contributed by atoms with Crippen molar-refractivity contribution in [2.24, 2.45) is 0 Å². The highest BCUT2D eigenvalue weighted by molar-refractivity contribution is 7.99. The Kier molecular flexibility index (Phi) is 9.34. The zero-order chi connectivity index (χ0) is 23.6. The molecule has 1 unspecified atom stereocenters. The molecule has 0 radical (unpaired) electrons. The number of nitrogens with one attached hydrogen (secondary N) is 1. The van der Waals surface area contributed by atoms with E-state index in [2.05, 4.69) is 5.32 Å². The second kappa shape index (κ2) is 12.4. The summed E-state index contributed by atoms with van der Waals surface area (Å²) < 4.78 is 13.4. The van der Waals surface area contributed by atoms with E-state index < -0.39 is 6.04 Å². The molecule has 172 valence electrons. The first-order valence-electron chi connectivity index (χ1n) is 10.6. The van der Waals surface area contributed by atoms with Crippen LogP contribution < -0.4 is 5.32 Å². The summed E-state index contributed by atoms with van der Waals surface area (Å²) in [6.45, 7) is 0.214. The highest BCUT2D eigenvalue weighted by Crippen LogP contribution is 2.19. The molecule has 0 saturated carbocycles. The van der Waals surface area contributed by atoms with Crippen LogP contribution in [-0.2, 0) is 28.3 Å². The molecule has 3 rings (SSSR count). The van der Waals surface area contributed by atoms with E-state index in [4.69, 9.17) is 11.6 Å². The average molecular weight is 485 g/mol. The van der Waals surface area contributed by atoms with Crippen LogP contribution in [0.25, 0.3) is 0 Å². The van der Waals surface area contributed by atoms with Gasteiger partial charge in [0.15, 0.2) is 0 Å². The SMILES string of the molecule is CNC(=O)C(Cc1ccccc1)N(Cc1ccc(F)cc1)C(=O)CSCc1ccc(Cl)cc1. The van der Waals surface area contributed by atoms with Gasteiger partial charge in [0.05, 0.1) is 5.75 Å². The van der Waals surface area contributed by atoms with Gasteiger partial charge in [-0.25, -0.2) is 4.39 Å². The van der Waals surface area contributed by atoms with Crippen LogP contribution in [0.15, 0.2) is 78.9 Å². The molecule has 3 aromatic carbocycles. The predicted octanol–water partition coefficient (Wildman–Crippen LogP) is 5.10. The first-order valence-corrected chi connectivity index (χ1v) is 12.1. The average Bonchev–Trinajstić information content (AvgIpc) is 2.83. The molecule has 0 spiro atoms. The van der Waals surface area contributed by atoms with Crippen molar-refractivity contribution in [1.82, 2.24) is 10.2 Å². The summed E-state index contributed by atoms with van der Waals surface area (Å²) in [5.41, 5.74) is 2.78. The summed E-state index contributed by atoms with van der Waals surface area (Å²) in [6.07, 6.45) is 0.384. The number of halogens is 2. The Morgan fingerprint density at radius 2 is 1.58 bits per heavy atom. The van der Waals surface area contributed by atoms with E-state index >= 15 is 0 Å². The van der Waals surface area contributed by atoms with E-state index in [1.807, 2.05) is 54.6 Å². The van der Waals surface area contributed by atoms with E-state index in [0.29, 0.717) is 17.2 Å². The van der Waals surface area contributed by atoms with Crippen LogP contribution in [0.1, 0.15) is 16.7 Å². The van der Waals surface area contributed by atoms with Crippen LogP contribution in [0.3, 0.4) is 0 Å². The number of likely N-dealkylation sites (N-methyl/N-ethyl adjacent to an activating group) is 1. The van der Waals surface area contributed by atoms with Crippen molar-refractivity contribution >= 4 is 35.2 Å². The normalized spacial score (nSPS) is 11.6. The van der Waals surface area contributed by atoms with Crippen molar-refractivity contribution in [3.05, 3.63) is 106 Å². The third-order valence-electron chi connectivity index (χ3n) is 5.19. The standard InChI is InChI=1S/C26H26ClFN2O2S/c1-29-26(32)24(15-19-5-3-2-4-6-19)30(16-20-9-13-23(28)14-10-20)25(31)18-33-17-21-7-11-22(27)12-8-21/h2-14,24H,15-18H2,1H3,(H,29,32). The van der Waals surface area contributed by atoms with E-state index in [1.54, 1.807) is 24.1 Å². The van der Waals surface area contributed by atoms with E-state index in [0.717, 1.165) is 16.7 Å². The number of thioether (sulfide) groups is 1. The Hall–Kier alpha value is -2.83. The highest BCUT2D eigenvalue weighted by Gasteiger charge is 2.29. The molecule has 0 bridgehead atoms. The molecule has 3 aromatic rings. The van der Waals surface area contributed by atoms with Crippen molar-refractivity contribution in [2.75, 3.05) is 12.8 Å². The van der Waals surface area contributed by atoms with Crippen LogP contribution in [0.2, 0.25) is 5.02 Å². The van der Waals surface area contributed by atoms with Crippen molar-refractivity contribution in [1.29, 1.82) is 0 Å². The van der Waals surface area contributed by atoms with Gasteiger partial charge in [-0.05, 0) is 41.0 Å². The minimum Gasteiger partial charge on any atom is -0.357 e. The quantitative estimate of drug-likeness (QED) is 0.435. The number of amides is 2. The van der Waals surface area contributed by atoms with Gasteiger partial charge in [-0.15, -0.1) is 11.8 Å². The van der Waals surface area contributed by atoms with Gasteiger partial charge in [-0.3, -0.25) is 9.59 Å². The largest absolute Gasteiger partial charge is 0.357 e. The summed E-state index contributed by atoms with van der Waals surface area (Å²) in [4.78, 5) is 27.8. The number of rotatable bonds is 10. The first kappa shape index (κ1) is 24.8. The number of benzene rings is 3. The molecule has 1 atom stereocenters. The summed E-state index contributed by atoms with van der Waals surface area (Å²) in [7, 11) is 1.57. The Balaban J connectivity index is 1.79. The maximum Gasteiger partial charge on any atom is 0.242 e. The van der Waals surface area contributed by atoms with Crippen LogP contribution in [0.5, 0.6) is 0 Å². The zero-order valence-electron chi connectivity index (χ0n) is 18.3. The zero-order valence-corrected chi connectivity index (χ0v) is 19.9. The fraction of sp³-hybridized carbons (Fsp3) is 0.231. The summed E-state index contributed by atoms with van der Waals surface area (Å²) in [6, 6.07) is 22.4. The van der Waals surface area contributed by atoms with Crippen LogP contribution in [-0.4, -0.2) is 35.6 Å². The molecule has 0 aromatic heterocycles. The predicted molar refractivity (Wildman–Crippen MR) is 133 cm³/mol. The van der Waals surface area contributed by atoms with Gasteiger partial charge in [0.2, 0.25) is 11.8 Å². The number of hydrogen-bond donors (Lipinski definition) is 1. The molecular weight excluding hydrogens is 459 g/mol. The smallest absolute Gasteiger partial charge is 0.242 e. The minimum atomic E-state index is -0.689. The fourth-order valence-electron chi connectivity index (χ4n) is 3.43. The van der Waals surface area contributed by atoms with Crippen molar-refractivity contribution in [3.8, 4) is 0 Å². The third-order valence-corrected chi connectivity index (χ3v) is 6.43. The second-order valence-corrected chi connectivity index (χ2v) is 9.01. The number of hydrogen-bond acceptors (Lipinski definition) is 3. The third kappa shape index (κ3) is 7.62. The van der Waals surface area contributed by atoms with Gasteiger partial charge >= 0.3 is 0 Å². The summed E-state index contributed by atoms with van der Waals surface area (Å²) in [5.74, 6) is 0.130. The Morgan fingerprint density at radius 3 is 2.21 bits per heavy atom. The van der Waals surface area contributed by atoms with Gasteiger partial charge in [0.1, 0.15) is 11.9 Å². The van der Waals surface area contributed by atoms with E-state index in [1.165, 1.54) is 23.9 Å². The van der Waals surface area contributed by atoms with Crippen molar-refractivity contribution < 1.29 is 14.0 Å². The topological polar surface area (TPSA) is 49.4 Å². The maximum atomic E-state index is 13.4. The lowest BCUT2D eigenvalue weighted by Gasteiger charge is -2.31. The molecule has 1 N–H and O–H groups in total. The Morgan fingerprint density at radius 1 is 0.939 bits per heavy atom. The van der Waals surface area contributed by atoms with E-state index in [-0.39, 0.29) is 29.9 Å². The minimum absolute atomic E-state index is 0.150. The monoisotopic (exact) mass is 484 g/mol. The van der Waals surface area contributed by atoms with Gasteiger partial charge in [0, 0.05) is 30.8 Å². The van der Waals surface area contributed by atoms with Crippen molar-refractivity contribution in [2.45, 2.75) is 24.8 Å². The first-order chi connectivity index (χ1) is 16.0. The van der Waals surface area contributed by atoms with Crippen LogP contribution in [0, 0.1) is 5.82 Å². The lowest BCUT2D eigenvalue weighted by atomic mass is 10.0. The molecule has 0 saturated heterocycles. The number of carbonyl (C=O) groups excluding carboxylic acids is 2. The lowest BCUT2D eigenvalue weighted by Crippen LogP contribution is -2.50. The lowest BCUT2D eigenvalue weighted by molar-refractivity contribution is -0.139. The molecule has 0 aliphatic heterocycles. The molecule has 0 heterocycles. The number of carbonyl (C=O) groups is 2. The van der Waals surface area contributed by atoms with Gasteiger partial charge in [-0.2, -0.15) is 0 Å². The molecular formula is C26H26ClFN2O2S. The summed E-state index contributed by atoms with van der Waals surface area (Å²) in [5, 5.41) is 3.36. The molecule has 0 fully saturated rings. The van der Waals surface area contributed by atoms with Gasteiger partial charge in [-0.1, -0.05) is 66.2 Å². The summed E-state index contributed by atoms with van der Waals surface area (Å²) >= 11 is 7.42. The molecule has 4 nitrogen and oxygen atoms in total. The molecule has 2 amide bonds. The maximum absolute atomic E-state index is 13.4. The van der Waals surface area contributed by atoms with Gasteiger partial charge < -0.3 is 10.2 Å². The van der Waals surface area contributed by atoms with Crippen molar-refractivity contribution in [3.63, 3.8) is 0 Å². The van der Waals surface area contributed by atoms with E-state index in [9.17, 15) is 14.0 Å².